The molecule has 0 aromatic heterocycles. The van der Waals surface area contributed by atoms with Crippen LogP contribution in [-0.2, 0) is 4.79 Å². The number of benzene rings is 1. The Labute approximate surface area is 120 Å². The summed E-state index contributed by atoms with van der Waals surface area (Å²) in [6.45, 7) is 3.85. The smallest absolute Gasteiger partial charge is 0.326 e. The zero-order valence-corrected chi connectivity index (χ0v) is 12.5. The summed E-state index contributed by atoms with van der Waals surface area (Å²) in [5.74, 6) is -1.13. The lowest BCUT2D eigenvalue weighted by atomic mass is 10.0. The minimum Gasteiger partial charge on any atom is -0.480 e. The molecule has 1 atom stereocenters. The molecule has 0 radical (unpaired) electrons. The van der Waals surface area contributed by atoms with Crippen molar-refractivity contribution in [2.45, 2.75) is 26.3 Å². The number of carboxylic acid groups (broad SMARTS) is 1. The Hall–Kier alpha value is -1.11. The summed E-state index contributed by atoms with van der Waals surface area (Å²) in [4.78, 5) is 23.1. The van der Waals surface area contributed by atoms with Crippen molar-refractivity contribution >= 4 is 34.5 Å². The van der Waals surface area contributed by atoms with Gasteiger partial charge in [0.05, 0.1) is 5.56 Å². The summed E-state index contributed by atoms with van der Waals surface area (Å²) in [6.07, 6.45) is 0.421. The Balaban J connectivity index is 2.79. The molecule has 0 saturated carbocycles. The van der Waals surface area contributed by atoms with Crippen molar-refractivity contribution in [3.05, 3.63) is 33.4 Å². The summed E-state index contributed by atoms with van der Waals surface area (Å²) in [5, 5.41) is 11.6. The predicted molar refractivity (Wildman–Crippen MR) is 77.5 cm³/mol. The molecule has 1 aromatic rings. The van der Waals surface area contributed by atoms with E-state index in [0.717, 1.165) is 3.57 Å². The third-order valence-corrected chi connectivity index (χ3v) is 3.37. The van der Waals surface area contributed by atoms with Gasteiger partial charge in [-0.1, -0.05) is 26.0 Å². The van der Waals surface area contributed by atoms with Gasteiger partial charge in [0.25, 0.3) is 5.91 Å². The Morgan fingerprint density at radius 2 is 1.94 bits per heavy atom. The van der Waals surface area contributed by atoms with E-state index in [1.165, 1.54) is 0 Å². The molecule has 1 rings (SSSR count). The van der Waals surface area contributed by atoms with Crippen LogP contribution < -0.4 is 5.32 Å². The molecular formula is C13H16INO3. The summed E-state index contributed by atoms with van der Waals surface area (Å²) in [7, 11) is 0. The fraction of sp³-hybridized carbons (Fsp3) is 0.385. The van der Waals surface area contributed by atoms with Crippen LogP contribution in [0.25, 0.3) is 0 Å². The van der Waals surface area contributed by atoms with Crippen molar-refractivity contribution in [2.24, 2.45) is 5.92 Å². The molecule has 4 nitrogen and oxygen atoms in total. The number of hydrogen-bond acceptors (Lipinski definition) is 2. The highest BCUT2D eigenvalue weighted by atomic mass is 127. The fourth-order valence-corrected chi connectivity index (χ4v) is 2.21. The lowest BCUT2D eigenvalue weighted by Gasteiger charge is -2.16. The second kappa shape index (κ2) is 6.72. The Morgan fingerprint density at radius 3 is 2.44 bits per heavy atom. The SMILES string of the molecule is CC(C)C[C@@H](NC(=O)c1ccccc1I)C(=O)O. The van der Waals surface area contributed by atoms with Crippen LogP contribution in [0.2, 0.25) is 0 Å². The standard InChI is InChI=1S/C13H16INO3/c1-8(2)7-11(13(17)18)15-12(16)9-5-3-4-6-10(9)14/h3-6,8,11H,7H2,1-2H3,(H,15,16)(H,17,18)/t11-/m1/s1. The maximum atomic E-state index is 12.0. The fourth-order valence-electron chi connectivity index (χ4n) is 1.57. The number of halogens is 1. The van der Waals surface area contributed by atoms with Gasteiger partial charge in [0.15, 0.2) is 0 Å². The first-order valence-electron chi connectivity index (χ1n) is 5.70. The van der Waals surface area contributed by atoms with E-state index in [0.29, 0.717) is 12.0 Å². The van der Waals surface area contributed by atoms with Gasteiger partial charge in [-0.15, -0.1) is 0 Å². The summed E-state index contributed by atoms with van der Waals surface area (Å²) in [6, 6.07) is 6.25. The van der Waals surface area contributed by atoms with Crippen molar-refractivity contribution in [1.29, 1.82) is 0 Å². The second-order valence-electron chi connectivity index (χ2n) is 4.47. The molecule has 98 valence electrons. The minimum atomic E-state index is -0.997. The van der Waals surface area contributed by atoms with Gasteiger partial charge in [0.1, 0.15) is 6.04 Å². The predicted octanol–water partition coefficient (Wildman–Crippen LogP) is 2.52. The molecule has 0 bridgehead atoms. The molecule has 0 fully saturated rings. The number of nitrogens with one attached hydrogen (secondary N) is 1. The molecule has 0 saturated heterocycles. The van der Waals surface area contributed by atoms with Crippen molar-refractivity contribution < 1.29 is 14.7 Å². The monoisotopic (exact) mass is 361 g/mol. The molecule has 0 aliphatic rings. The van der Waals surface area contributed by atoms with E-state index in [4.69, 9.17) is 5.11 Å². The first kappa shape index (κ1) is 14.9. The van der Waals surface area contributed by atoms with E-state index >= 15 is 0 Å². The minimum absolute atomic E-state index is 0.209. The third kappa shape index (κ3) is 4.29. The molecule has 1 aromatic carbocycles. The van der Waals surface area contributed by atoms with Crippen LogP contribution in [0.15, 0.2) is 24.3 Å². The highest BCUT2D eigenvalue weighted by Gasteiger charge is 2.22. The van der Waals surface area contributed by atoms with Gasteiger partial charge in [-0.3, -0.25) is 4.79 Å². The zero-order valence-electron chi connectivity index (χ0n) is 10.3. The van der Waals surface area contributed by atoms with Crippen molar-refractivity contribution in [2.75, 3.05) is 0 Å². The van der Waals surface area contributed by atoms with Crippen LogP contribution in [0, 0.1) is 9.49 Å². The lowest BCUT2D eigenvalue weighted by molar-refractivity contribution is -0.139. The number of rotatable bonds is 5. The van der Waals surface area contributed by atoms with Gasteiger partial charge in [-0.25, -0.2) is 4.79 Å². The Morgan fingerprint density at radius 1 is 1.33 bits per heavy atom. The highest BCUT2D eigenvalue weighted by Crippen LogP contribution is 2.12. The molecule has 1 amide bonds. The number of carbonyl (C=O) groups excluding carboxylic acids is 1. The maximum Gasteiger partial charge on any atom is 0.326 e. The van der Waals surface area contributed by atoms with E-state index in [1.807, 2.05) is 26.0 Å². The van der Waals surface area contributed by atoms with Crippen LogP contribution in [0.3, 0.4) is 0 Å². The normalized spacial score (nSPS) is 12.2. The summed E-state index contributed by atoms with van der Waals surface area (Å²) >= 11 is 2.06. The highest BCUT2D eigenvalue weighted by molar-refractivity contribution is 14.1. The van der Waals surface area contributed by atoms with Crippen LogP contribution >= 0.6 is 22.6 Å². The topological polar surface area (TPSA) is 66.4 Å². The molecule has 0 unspecified atom stereocenters. The van der Waals surface area contributed by atoms with E-state index in [2.05, 4.69) is 27.9 Å². The largest absolute Gasteiger partial charge is 0.480 e. The van der Waals surface area contributed by atoms with E-state index in [9.17, 15) is 9.59 Å². The van der Waals surface area contributed by atoms with Gasteiger partial charge in [-0.05, 0) is 47.1 Å². The average molecular weight is 361 g/mol. The number of aliphatic carboxylic acids is 1. The number of carbonyl (C=O) groups is 2. The number of hydrogen-bond donors (Lipinski definition) is 2. The molecule has 0 aliphatic heterocycles. The number of amides is 1. The van der Waals surface area contributed by atoms with Gasteiger partial charge in [0.2, 0.25) is 0 Å². The number of carboxylic acids is 1. The molecule has 0 aliphatic carbocycles. The van der Waals surface area contributed by atoms with Crippen LogP contribution in [0.4, 0.5) is 0 Å². The summed E-state index contributed by atoms with van der Waals surface area (Å²) < 4.78 is 0.807. The molecular weight excluding hydrogens is 345 g/mol. The summed E-state index contributed by atoms with van der Waals surface area (Å²) in [5.41, 5.74) is 0.508. The van der Waals surface area contributed by atoms with Crippen LogP contribution in [0.5, 0.6) is 0 Å². The van der Waals surface area contributed by atoms with Gasteiger partial charge < -0.3 is 10.4 Å². The van der Waals surface area contributed by atoms with E-state index in [-0.39, 0.29) is 11.8 Å². The van der Waals surface area contributed by atoms with E-state index < -0.39 is 12.0 Å². The van der Waals surface area contributed by atoms with Gasteiger partial charge in [0, 0.05) is 3.57 Å². The van der Waals surface area contributed by atoms with Crippen LogP contribution in [0.1, 0.15) is 30.6 Å². The van der Waals surface area contributed by atoms with E-state index in [1.54, 1.807) is 12.1 Å². The van der Waals surface area contributed by atoms with Crippen molar-refractivity contribution in [3.8, 4) is 0 Å². The third-order valence-electron chi connectivity index (χ3n) is 2.43. The Bertz CT molecular complexity index is 446. The maximum absolute atomic E-state index is 12.0. The molecule has 2 N–H and O–H groups in total. The van der Waals surface area contributed by atoms with Crippen LogP contribution in [-0.4, -0.2) is 23.0 Å². The average Bonchev–Trinajstić information content (AvgIpc) is 2.27. The first-order chi connectivity index (χ1) is 8.41. The second-order valence-corrected chi connectivity index (χ2v) is 5.64. The van der Waals surface area contributed by atoms with Gasteiger partial charge in [-0.2, -0.15) is 0 Å². The molecule has 18 heavy (non-hydrogen) atoms. The molecule has 0 spiro atoms. The molecule has 0 heterocycles. The Kier molecular flexibility index (Phi) is 5.58. The lowest BCUT2D eigenvalue weighted by Crippen LogP contribution is -2.41. The quantitative estimate of drug-likeness (QED) is 0.793. The zero-order chi connectivity index (χ0) is 13.7. The van der Waals surface area contributed by atoms with Gasteiger partial charge >= 0.3 is 5.97 Å². The van der Waals surface area contributed by atoms with Crippen molar-refractivity contribution in [1.82, 2.24) is 5.32 Å². The molecule has 5 heteroatoms. The first-order valence-corrected chi connectivity index (χ1v) is 6.78. The van der Waals surface area contributed by atoms with Crippen molar-refractivity contribution in [3.63, 3.8) is 0 Å².